The number of amides is 1. The standard InChI is InChI=1S/C20H35NO3/c1-3-4-5-6-7-8-9-10-13-16-24-20(23)17(2)21-19(22)18-14-11-12-15-18/h3,17-18H,1,4-16H2,2H3,(H,21,22)/t17-/m0/s1. The third kappa shape index (κ3) is 9.09. The molecule has 0 aromatic heterocycles. The highest BCUT2D eigenvalue weighted by Crippen LogP contribution is 2.24. The summed E-state index contributed by atoms with van der Waals surface area (Å²) in [6.45, 7) is 5.89. The molecule has 4 nitrogen and oxygen atoms in total. The van der Waals surface area contributed by atoms with Crippen molar-refractivity contribution in [2.24, 2.45) is 5.92 Å². The van der Waals surface area contributed by atoms with Gasteiger partial charge in [-0.3, -0.25) is 4.79 Å². The van der Waals surface area contributed by atoms with Gasteiger partial charge in [0, 0.05) is 5.92 Å². The van der Waals surface area contributed by atoms with E-state index in [0.717, 1.165) is 44.9 Å². The van der Waals surface area contributed by atoms with Crippen molar-refractivity contribution < 1.29 is 14.3 Å². The Morgan fingerprint density at radius 1 is 1.08 bits per heavy atom. The number of carbonyl (C=O) groups is 2. The summed E-state index contributed by atoms with van der Waals surface area (Å²) in [6.07, 6.45) is 15.5. The number of allylic oxidation sites excluding steroid dienone is 1. The fraction of sp³-hybridized carbons (Fsp3) is 0.800. The highest BCUT2D eigenvalue weighted by Gasteiger charge is 2.25. The Balaban J connectivity index is 1.96. The van der Waals surface area contributed by atoms with Gasteiger partial charge >= 0.3 is 5.97 Å². The highest BCUT2D eigenvalue weighted by atomic mass is 16.5. The number of unbranched alkanes of at least 4 members (excludes halogenated alkanes) is 7. The largest absolute Gasteiger partial charge is 0.464 e. The van der Waals surface area contributed by atoms with E-state index < -0.39 is 6.04 Å². The summed E-state index contributed by atoms with van der Waals surface area (Å²) in [6, 6.07) is -0.539. The number of ether oxygens (including phenoxy) is 1. The van der Waals surface area contributed by atoms with Crippen molar-refractivity contribution in [3.8, 4) is 0 Å². The fourth-order valence-electron chi connectivity index (χ4n) is 3.15. The van der Waals surface area contributed by atoms with Gasteiger partial charge in [0.05, 0.1) is 6.61 Å². The maximum absolute atomic E-state index is 12.0. The quantitative estimate of drug-likeness (QED) is 0.305. The summed E-state index contributed by atoms with van der Waals surface area (Å²) in [7, 11) is 0. The second-order valence-corrected chi connectivity index (χ2v) is 6.93. The summed E-state index contributed by atoms with van der Waals surface area (Å²) in [5.41, 5.74) is 0. The van der Waals surface area contributed by atoms with E-state index in [1.807, 2.05) is 6.08 Å². The second kappa shape index (κ2) is 13.0. The van der Waals surface area contributed by atoms with Crippen LogP contribution in [-0.2, 0) is 14.3 Å². The van der Waals surface area contributed by atoms with E-state index in [2.05, 4.69) is 11.9 Å². The summed E-state index contributed by atoms with van der Waals surface area (Å²) in [5.74, 6) is -0.217. The van der Waals surface area contributed by atoms with Crippen LogP contribution in [0.15, 0.2) is 12.7 Å². The summed E-state index contributed by atoms with van der Waals surface area (Å²) in [5, 5.41) is 2.79. The predicted molar refractivity (Wildman–Crippen MR) is 97.7 cm³/mol. The molecule has 1 aliphatic carbocycles. The van der Waals surface area contributed by atoms with Crippen LogP contribution in [0.3, 0.4) is 0 Å². The normalized spacial score (nSPS) is 15.9. The first-order valence-electron chi connectivity index (χ1n) is 9.73. The SMILES string of the molecule is C=CCCCCCCCCCOC(=O)[C@H](C)NC(=O)C1CCCC1. The Morgan fingerprint density at radius 2 is 1.67 bits per heavy atom. The van der Waals surface area contributed by atoms with Crippen molar-refractivity contribution in [3.63, 3.8) is 0 Å². The molecular weight excluding hydrogens is 302 g/mol. The zero-order chi connectivity index (χ0) is 17.6. The molecule has 0 aromatic rings. The van der Waals surface area contributed by atoms with Crippen molar-refractivity contribution in [2.75, 3.05) is 6.61 Å². The Morgan fingerprint density at radius 3 is 2.29 bits per heavy atom. The lowest BCUT2D eigenvalue weighted by Gasteiger charge is -2.16. The first kappa shape index (κ1) is 20.7. The van der Waals surface area contributed by atoms with Gasteiger partial charge in [-0.1, -0.05) is 51.0 Å². The molecule has 1 rings (SSSR count). The molecule has 0 aliphatic heterocycles. The summed E-state index contributed by atoms with van der Waals surface area (Å²) >= 11 is 0. The average molecular weight is 338 g/mol. The van der Waals surface area contributed by atoms with Crippen molar-refractivity contribution in [3.05, 3.63) is 12.7 Å². The van der Waals surface area contributed by atoms with Crippen LogP contribution in [0, 0.1) is 5.92 Å². The topological polar surface area (TPSA) is 55.4 Å². The molecule has 1 N–H and O–H groups in total. The fourth-order valence-corrected chi connectivity index (χ4v) is 3.15. The number of carbonyl (C=O) groups excluding carboxylic acids is 2. The van der Waals surface area contributed by atoms with Crippen molar-refractivity contribution >= 4 is 11.9 Å². The molecule has 1 saturated carbocycles. The molecule has 1 aliphatic rings. The van der Waals surface area contributed by atoms with Gasteiger partial charge in [-0.25, -0.2) is 4.79 Å². The maximum atomic E-state index is 12.0. The lowest BCUT2D eigenvalue weighted by Crippen LogP contribution is -2.42. The smallest absolute Gasteiger partial charge is 0.328 e. The number of hydrogen-bond acceptors (Lipinski definition) is 3. The van der Waals surface area contributed by atoms with Crippen molar-refractivity contribution in [1.29, 1.82) is 0 Å². The van der Waals surface area contributed by atoms with Crippen LogP contribution in [0.25, 0.3) is 0 Å². The molecule has 0 spiro atoms. The Kier molecular flexibility index (Phi) is 11.2. The molecule has 1 fully saturated rings. The van der Waals surface area contributed by atoms with Gasteiger partial charge in [-0.2, -0.15) is 0 Å². The highest BCUT2D eigenvalue weighted by molar-refractivity contribution is 5.85. The Labute approximate surface area is 147 Å². The third-order valence-corrected chi connectivity index (χ3v) is 4.74. The van der Waals surface area contributed by atoms with Gasteiger partial charge in [-0.15, -0.1) is 6.58 Å². The minimum Gasteiger partial charge on any atom is -0.464 e. The van der Waals surface area contributed by atoms with E-state index in [4.69, 9.17) is 4.74 Å². The molecule has 4 heteroatoms. The van der Waals surface area contributed by atoms with E-state index in [9.17, 15) is 9.59 Å². The van der Waals surface area contributed by atoms with Gasteiger partial charge in [0.2, 0.25) is 5.91 Å². The molecule has 24 heavy (non-hydrogen) atoms. The first-order valence-corrected chi connectivity index (χ1v) is 9.73. The number of hydrogen-bond donors (Lipinski definition) is 1. The second-order valence-electron chi connectivity index (χ2n) is 6.93. The van der Waals surface area contributed by atoms with E-state index in [0.29, 0.717) is 6.61 Å². The third-order valence-electron chi connectivity index (χ3n) is 4.74. The van der Waals surface area contributed by atoms with Crippen LogP contribution >= 0.6 is 0 Å². The Bertz CT molecular complexity index is 375. The molecule has 1 amide bonds. The lowest BCUT2D eigenvalue weighted by atomic mass is 10.1. The van der Waals surface area contributed by atoms with Crippen molar-refractivity contribution in [2.45, 2.75) is 90.0 Å². The van der Waals surface area contributed by atoms with Crippen molar-refractivity contribution in [1.82, 2.24) is 5.32 Å². The number of esters is 1. The zero-order valence-corrected chi connectivity index (χ0v) is 15.4. The lowest BCUT2D eigenvalue weighted by molar-refractivity contribution is -0.147. The van der Waals surface area contributed by atoms with E-state index in [1.165, 1.54) is 32.1 Å². The van der Waals surface area contributed by atoms with Crippen LogP contribution in [0.5, 0.6) is 0 Å². The molecule has 0 saturated heterocycles. The van der Waals surface area contributed by atoms with Gasteiger partial charge in [-0.05, 0) is 39.0 Å². The first-order chi connectivity index (χ1) is 11.6. The minimum absolute atomic E-state index is 0.00778. The van der Waals surface area contributed by atoms with Gasteiger partial charge in [0.25, 0.3) is 0 Å². The molecule has 0 bridgehead atoms. The molecule has 0 radical (unpaired) electrons. The molecule has 0 heterocycles. The predicted octanol–water partition coefficient (Wildman–Crippen LogP) is 4.53. The van der Waals surface area contributed by atoms with Crippen LogP contribution in [-0.4, -0.2) is 24.5 Å². The summed E-state index contributed by atoms with van der Waals surface area (Å²) < 4.78 is 5.26. The average Bonchev–Trinajstić information content (AvgIpc) is 3.11. The monoisotopic (exact) mass is 337 g/mol. The van der Waals surface area contributed by atoms with E-state index in [-0.39, 0.29) is 17.8 Å². The molecule has 138 valence electrons. The molecule has 0 aromatic carbocycles. The van der Waals surface area contributed by atoms with E-state index >= 15 is 0 Å². The molecule has 1 atom stereocenters. The van der Waals surface area contributed by atoms with Gasteiger partial charge in [0.15, 0.2) is 0 Å². The zero-order valence-electron chi connectivity index (χ0n) is 15.4. The van der Waals surface area contributed by atoms with Crippen LogP contribution in [0.4, 0.5) is 0 Å². The van der Waals surface area contributed by atoms with Gasteiger partial charge < -0.3 is 10.1 Å². The molecule has 0 unspecified atom stereocenters. The Hall–Kier alpha value is -1.32. The number of nitrogens with one attached hydrogen (secondary N) is 1. The van der Waals surface area contributed by atoms with Crippen LogP contribution in [0.1, 0.15) is 84.0 Å². The maximum Gasteiger partial charge on any atom is 0.328 e. The molecular formula is C20H35NO3. The van der Waals surface area contributed by atoms with Gasteiger partial charge in [0.1, 0.15) is 6.04 Å². The summed E-state index contributed by atoms with van der Waals surface area (Å²) in [4.78, 5) is 23.9. The number of rotatable bonds is 13. The van der Waals surface area contributed by atoms with Crippen LogP contribution in [0.2, 0.25) is 0 Å². The van der Waals surface area contributed by atoms with E-state index in [1.54, 1.807) is 6.92 Å². The minimum atomic E-state index is -0.539. The van der Waals surface area contributed by atoms with Crippen LogP contribution < -0.4 is 5.32 Å².